The number of aliphatic hydroxyl groups excluding tert-OH is 1. The van der Waals surface area contributed by atoms with Crippen LogP contribution in [-0.2, 0) is 0 Å². The molecule has 0 saturated carbocycles. The largest absolute Gasteiger partial charge is 0.394 e. The van der Waals surface area contributed by atoms with Gasteiger partial charge in [0.25, 0.3) is 11.5 Å². The molecule has 16 heavy (non-hydrogen) atoms. The number of hydrogen-bond acceptors (Lipinski definition) is 3. The summed E-state index contributed by atoms with van der Waals surface area (Å²) in [4.78, 5) is 25.9. The maximum absolute atomic E-state index is 11.7. The Morgan fingerprint density at radius 1 is 1.56 bits per heavy atom. The van der Waals surface area contributed by atoms with Gasteiger partial charge in [0.2, 0.25) is 0 Å². The van der Waals surface area contributed by atoms with Gasteiger partial charge in [-0.15, -0.1) is 0 Å². The average molecular weight is 224 g/mol. The molecule has 1 aromatic heterocycles. The number of amides is 1. The number of aliphatic hydroxyl groups is 1. The quantitative estimate of drug-likeness (QED) is 0.681. The van der Waals surface area contributed by atoms with Crippen molar-refractivity contribution in [2.75, 3.05) is 6.61 Å². The van der Waals surface area contributed by atoms with Crippen LogP contribution in [0, 0.1) is 13.8 Å². The second kappa shape index (κ2) is 4.94. The summed E-state index contributed by atoms with van der Waals surface area (Å²) in [6.45, 7) is 4.97. The lowest BCUT2D eigenvalue weighted by Gasteiger charge is -2.11. The van der Waals surface area contributed by atoms with Crippen LogP contribution in [0.25, 0.3) is 0 Å². The molecule has 5 nitrogen and oxygen atoms in total. The second-order valence-electron chi connectivity index (χ2n) is 3.90. The van der Waals surface area contributed by atoms with Crippen LogP contribution in [0.5, 0.6) is 0 Å². The van der Waals surface area contributed by atoms with Gasteiger partial charge in [-0.2, -0.15) is 0 Å². The third kappa shape index (κ3) is 2.70. The average Bonchev–Trinajstić information content (AvgIpc) is 2.15. The van der Waals surface area contributed by atoms with E-state index in [1.165, 1.54) is 0 Å². The first kappa shape index (κ1) is 12.4. The Morgan fingerprint density at radius 2 is 2.19 bits per heavy atom. The minimum atomic E-state index is -0.458. The van der Waals surface area contributed by atoms with Crippen LogP contribution in [0.3, 0.4) is 0 Å². The Kier molecular flexibility index (Phi) is 3.84. The Morgan fingerprint density at radius 3 is 2.69 bits per heavy atom. The van der Waals surface area contributed by atoms with Crippen LogP contribution in [0.4, 0.5) is 0 Å². The van der Waals surface area contributed by atoms with E-state index in [2.05, 4.69) is 10.3 Å². The Balaban J connectivity index is 3.05. The topological polar surface area (TPSA) is 82.2 Å². The Hall–Kier alpha value is -1.62. The summed E-state index contributed by atoms with van der Waals surface area (Å²) in [5.74, 6) is -0.458. The molecule has 0 unspecified atom stereocenters. The van der Waals surface area contributed by atoms with Gasteiger partial charge in [-0.3, -0.25) is 9.59 Å². The molecule has 0 aliphatic carbocycles. The molecule has 0 radical (unpaired) electrons. The van der Waals surface area contributed by atoms with E-state index in [4.69, 9.17) is 5.11 Å². The number of carbonyl (C=O) groups is 1. The first-order valence-electron chi connectivity index (χ1n) is 5.08. The minimum Gasteiger partial charge on any atom is -0.394 e. The number of pyridine rings is 1. The molecule has 0 bridgehead atoms. The zero-order valence-electron chi connectivity index (χ0n) is 9.63. The first-order chi connectivity index (χ1) is 7.45. The van der Waals surface area contributed by atoms with Crippen molar-refractivity contribution >= 4 is 5.91 Å². The molecule has 0 saturated heterocycles. The first-order valence-corrected chi connectivity index (χ1v) is 5.08. The molecule has 5 heteroatoms. The Bertz CT molecular complexity index is 451. The number of rotatable bonds is 3. The Labute approximate surface area is 93.5 Å². The molecule has 1 aromatic rings. The minimum absolute atomic E-state index is 0.103. The van der Waals surface area contributed by atoms with E-state index in [0.29, 0.717) is 11.3 Å². The van der Waals surface area contributed by atoms with Gasteiger partial charge in [0.15, 0.2) is 0 Å². The van der Waals surface area contributed by atoms with Gasteiger partial charge in [-0.1, -0.05) is 0 Å². The molecule has 1 atom stereocenters. The van der Waals surface area contributed by atoms with Gasteiger partial charge in [0.05, 0.1) is 6.61 Å². The molecule has 1 heterocycles. The standard InChI is InChI=1S/C11H16N2O3/c1-6-4-7(2)12-10(15)9(6)11(16)13-8(3)5-14/h4,8,14H,5H2,1-3H3,(H,12,15)(H,13,16)/t8-/m0/s1. The third-order valence-corrected chi connectivity index (χ3v) is 2.24. The van der Waals surface area contributed by atoms with Crippen molar-refractivity contribution < 1.29 is 9.90 Å². The fraction of sp³-hybridized carbons (Fsp3) is 0.455. The van der Waals surface area contributed by atoms with E-state index in [9.17, 15) is 9.59 Å². The maximum atomic E-state index is 11.7. The molecule has 1 rings (SSSR count). The van der Waals surface area contributed by atoms with Gasteiger partial charge in [-0.25, -0.2) is 0 Å². The predicted molar refractivity (Wildman–Crippen MR) is 60.6 cm³/mol. The fourth-order valence-corrected chi connectivity index (χ4v) is 1.48. The van der Waals surface area contributed by atoms with E-state index in [1.807, 2.05) is 0 Å². The molecular formula is C11H16N2O3. The summed E-state index contributed by atoms with van der Waals surface area (Å²) in [6.07, 6.45) is 0. The number of carbonyl (C=O) groups excluding carboxylic acids is 1. The zero-order valence-corrected chi connectivity index (χ0v) is 9.63. The van der Waals surface area contributed by atoms with Crippen molar-refractivity contribution in [3.8, 4) is 0 Å². The highest BCUT2D eigenvalue weighted by molar-refractivity contribution is 5.95. The summed E-state index contributed by atoms with van der Waals surface area (Å²) in [5.41, 5.74) is 1.05. The van der Waals surface area contributed by atoms with Gasteiger partial charge in [0.1, 0.15) is 5.56 Å². The van der Waals surface area contributed by atoms with Gasteiger partial charge >= 0.3 is 0 Å². The van der Waals surface area contributed by atoms with Crippen LogP contribution < -0.4 is 10.9 Å². The molecule has 0 fully saturated rings. The van der Waals surface area contributed by atoms with Gasteiger partial charge < -0.3 is 15.4 Å². The number of aromatic amines is 1. The number of nitrogens with one attached hydrogen (secondary N) is 2. The number of aryl methyl sites for hydroxylation is 2. The highest BCUT2D eigenvalue weighted by Gasteiger charge is 2.15. The number of aromatic nitrogens is 1. The second-order valence-corrected chi connectivity index (χ2v) is 3.90. The van der Waals surface area contributed by atoms with E-state index < -0.39 is 11.5 Å². The molecule has 88 valence electrons. The van der Waals surface area contributed by atoms with E-state index in [0.717, 1.165) is 0 Å². The summed E-state index contributed by atoms with van der Waals surface area (Å²) in [7, 11) is 0. The summed E-state index contributed by atoms with van der Waals surface area (Å²) >= 11 is 0. The maximum Gasteiger partial charge on any atom is 0.261 e. The van der Waals surface area contributed by atoms with Gasteiger partial charge in [-0.05, 0) is 32.4 Å². The lowest BCUT2D eigenvalue weighted by molar-refractivity contribution is 0.0920. The lowest BCUT2D eigenvalue weighted by Crippen LogP contribution is -2.38. The van der Waals surface area contributed by atoms with Crippen molar-refractivity contribution in [1.82, 2.24) is 10.3 Å². The molecular weight excluding hydrogens is 208 g/mol. The smallest absolute Gasteiger partial charge is 0.261 e. The van der Waals surface area contributed by atoms with Crippen LogP contribution in [0.2, 0.25) is 0 Å². The summed E-state index contributed by atoms with van der Waals surface area (Å²) in [6, 6.07) is 1.37. The highest BCUT2D eigenvalue weighted by Crippen LogP contribution is 2.03. The van der Waals surface area contributed by atoms with Crippen LogP contribution in [0.15, 0.2) is 10.9 Å². The van der Waals surface area contributed by atoms with Crippen molar-refractivity contribution in [3.05, 3.63) is 33.2 Å². The molecule has 1 amide bonds. The lowest BCUT2D eigenvalue weighted by atomic mass is 10.1. The summed E-state index contributed by atoms with van der Waals surface area (Å²) in [5, 5.41) is 11.4. The van der Waals surface area contributed by atoms with Gasteiger partial charge in [0, 0.05) is 11.7 Å². The summed E-state index contributed by atoms with van der Waals surface area (Å²) < 4.78 is 0. The predicted octanol–water partition coefficient (Wildman–Crippen LogP) is 0.102. The molecule has 0 aromatic carbocycles. The van der Waals surface area contributed by atoms with Crippen LogP contribution >= 0.6 is 0 Å². The van der Waals surface area contributed by atoms with Crippen molar-refractivity contribution in [1.29, 1.82) is 0 Å². The van der Waals surface area contributed by atoms with Crippen molar-refractivity contribution in [2.24, 2.45) is 0 Å². The SMILES string of the molecule is Cc1cc(C)c(C(=O)N[C@@H](C)CO)c(=O)[nH]1. The van der Waals surface area contributed by atoms with Crippen molar-refractivity contribution in [2.45, 2.75) is 26.8 Å². The number of H-pyrrole nitrogens is 1. The van der Waals surface area contributed by atoms with Crippen LogP contribution in [-0.4, -0.2) is 28.6 Å². The van der Waals surface area contributed by atoms with E-state index >= 15 is 0 Å². The molecule has 0 aliphatic rings. The third-order valence-electron chi connectivity index (χ3n) is 2.24. The van der Waals surface area contributed by atoms with Crippen LogP contribution in [0.1, 0.15) is 28.5 Å². The van der Waals surface area contributed by atoms with Crippen molar-refractivity contribution in [3.63, 3.8) is 0 Å². The normalized spacial score (nSPS) is 12.2. The zero-order chi connectivity index (χ0) is 12.3. The molecule has 0 spiro atoms. The highest BCUT2D eigenvalue weighted by atomic mass is 16.3. The monoisotopic (exact) mass is 224 g/mol. The number of hydrogen-bond donors (Lipinski definition) is 3. The fourth-order valence-electron chi connectivity index (χ4n) is 1.48. The van der Waals surface area contributed by atoms with E-state index in [1.54, 1.807) is 26.8 Å². The molecule has 3 N–H and O–H groups in total. The molecule has 0 aliphatic heterocycles. The van der Waals surface area contributed by atoms with E-state index in [-0.39, 0.29) is 18.2 Å².